The van der Waals surface area contributed by atoms with Gasteiger partial charge in [-0.2, -0.15) is 11.8 Å². The number of hydrogen-bond donors (Lipinski definition) is 1. The number of nitrogens with zero attached hydrogens (tertiary/aromatic N) is 1. The van der Waals surface area contributed by atoms with Gasteiger partial charge in [-0.3, -0.25) is 14.1 Å². The molecule has 1 aliphatic rings. The van der Waals surface area contributed by atoms with Crippen molar-refractivity contribution in [3.63, 3.8) is 0 Å². The molecule has 3 atom stereocenters. The Morgan fingerprint density at radius 2 is 1.48 bits per heavy atom. The first-order chi connectivity index (χ1) is 24.8. The van der Waals surface area contributed by atoms with Gasteiger partial charge in [0.2, 0.25) is 5.91 Å². The molecule has 0 bridgehead atoms. The van der Waals surface area contributed by atoms with Crippen molar-refractivity contribution in [1.82, 2.24) is 4.90 Å². The number of thioether (sulfide) groups is 1. The van der Waals surface area contributed by atoms with Gasteiger partial charge in [0.15, 0.2) is 11.2 Å². The van der Waals surface area contributed by atoms with Crippen LogP contribution in [0.5, 0.6) is 0 Å². The molecular formula is C43H62FNO5S2. The lowest BCUT2D eigenvalue weighted by molar-refractivity contribution is -0.185. The van der Waals surface area contributed by atoms with Crippen LogP contribution in [0.2, 0.25) is 0 Å². The predicted molar refractivity (Wildman–Crippen MR) is 216 cm³/mol. The number of thiocarbonyl (C=S) groups is 1. The van der Waals surface area contributed by atoms with Crippen molar-refractivity contribution in [2.45, 2.75) is 135 Å². The van der Waals surface area contributed by atoms with Crippen LogP contribution in [0.3, 0.4) is 0 Å². The van der Waals surface area contributed by atoms with Crippen LogP contribution in [0.15, 0.2) is 72.8 Å². The largest absolute Gasteiger partial charge is 0.458 e. The molecule has 52 heavy (non-hydrogen) atoms. The fraction of sp³-hybridized carbons (Fsp3) is 0.605. The Labute approximate surface area is 322 Å². The highest BCUT2D eigenvalue weighted by Crippen LogP contribution is 2.48. The summed E-state index contributed by atoms with van der Waals surface area (Å²) in [5.41, 5.74) is -3.02. The first-order valence-electron chi connectivity index (χ1n) is 19.3. The molecule has 6 nitrogen and oxygen atoms in total. The molecular weight excluding hydrogens is 694 g/mol. The summed E-state index contributed by atoms with van der Waals surface area (Å²) in [5.74, 6) is -0.964. The van der Waals surface area contributed by atoms with Gasteiger partial charge in [-0.1, -0.05) is 132 Å². The van der Waals surface area contributed by atoms with Gasteiger partial charge < -0.3 is 14.6 Å². The molecule has 1 heterocycles. The molecule has 1 aliphatic heterocycles. The van der Waals surface area contributed by atoms with Crippen LogP contribution in [0.4, 0.5) is 4.39 Å². The fourth-order valence-corrected chi connectivity index (χ4v) is 8.34. The zero-order chi connectivity index (χ0) is 38.2. The van der Waals surface area contributed by atoms with Crippen molar-refractivity contribution in [3.05, 3.63) is 83.9 Å². The lowest BCUT2D eigenvalue weighted by atomic mass is 9.75. The Hall–Kier alpha value is -2.75. The van der Waals surface area contributed by atoms with E-state index in [0.29, 0.717) is 6.42 Å². The van der Waals surface area contributed by atoms with Gasteiger partial charge in [-0.05, 0) is 76.1 Å². The molecule has 2 aromatic carbocycles. The molecule has 1 fully saturated rings. The van der Waals surface area contributed by atoms with Crippen molar-refractivity contribution >= 4 is 41.0 Å². The molecule has 0 radical (unpaired) electrons. The molecule has 9 heteroatoms. The van der Waals surface area contributed by atoms with Crippen molar-refractivity contribution < 1.29 is 28.6 Å². The lowest BCUT2D eigenvalue weighted by Crippen LogP contribution is -2.58. The summed E-state index contributed by atoms with van der Waals surface area (Å²) in [6.45, 7) is 10.2. The highest BCUT2D eigenvalue weighted by atomic mass is 32.2. The normalized spacial score (nSPS) is 17.7. The Morgan fingerprint density at radius 1 is 0.942 bits per heavy atom. The predicted octanol–water partition coefficient (Wildman–Crippen LogP) is 10.4. The number of unbranched alkanes of at least 4 members (excludes halogenated alkanes) is 8. The van der Waals surface area contributed by atoms with E-state index in [1.165, 1.54) is 42.8 Å². The lowest BCUT2D eigenvalue weighted by Gasteiger charge is -2.40. The van der Waals surface area contributed by atoms with Crippen LogP contribution < -0.4 is 0 Å². The molecule has 1 N–H and O–H groups in total. The van der Waals surface area contributed by atoms with E-state index in [2.05, 4.69) is 6.92 Å². The van der Waals surface area contributed by atoms with E-state index in [1.54, 1.807) is 26.8 Å². The summed E-state index contributed by atoms with van der Waals surface area (Å²) in [6, 6.07) is 18.6. The summed E-state index contributed by atoms with van der Waals surface area (Å²) in [5, 5.41) is 12.0. The minimum absolute atomic E-state index is 0.0691. The van der Waals surface area contributed by atoms with Crippen LogP contribution >= 0.6 is 24.0 Å². The van der Waals surface area contributed by atoms with Crippen LogP contribution in [0.25, 0.3) is 0 Å². The summed E-state index contributed by atoms with van der Waals surface area (Å²) >= 11 is 7.88. The van der Waals surface area contributed by atoms with Crippen molar-refractivity contribution in [1.29, 1.82) is 0 Å². The maximum atomic E-state index is 15.0. The number of allylic oxidation sites excluding steroid dienone is 1. The first-order valence-corrected chi connectivity index (χ1v) is 20.8. The average Bonchev–Trinajstić information content (AvgIpc) is 3.44. The fourth-order valence-electron chi connectivity index (χ4n) is 6.99. The zero-order valence-corrected chi connectivity index (χ0v) is 33.9. The maximum absolute atomic E-state index is 15.0. The van der Waals surface area contributed by atoms with Gasteiger partial charge in [0.05, 0.1) is 18.6 Å². The third-order valence-electron chi connectivity index (χ3n) is 9.55. The topological polar surface area (TPSA) is 76.1 Å². The van der Waals surface area contributed by atoms with E-state index < -0.39 is 53.7 Å². The van der Waals surface area contributed by atoms with E-state index >= 15 is 0 Å². The zero-order valence-electron chi connectivity index (χ0n) is 32.3. The summed E-state index contributed by atoms with van der Waals surface area (Å²) in [6.07, 6.45) is 14.1. The Balaban J connectivity index is 1.89. The van der Waals surface area contributed by atoms with Gasteiger partial charge >= 0.3 is 5.97 Å². The molecule has 0 spiro atoms. The highest BCUT2D eigenvalue weighted by molar-refractivity contribution is 7.99. The Morgan fingerprint density at radius 3 is 1.98 bits per heavy atom. The number of halogens is 1. The van der Waals surface area contributed by atoms with E-state index in [9.17, 15) is 19.1 Å². The number of benzene rings is 2. The summed E-state index contributed by atoms with van der Waals surface area (Å²) in [4.78, 5) is 30.1. The standard InChI is InChI=1S/C43H62FNO5S2/c1-7-8-9-13-22-31-52-32-23-14-11-10-12-21-28-36(42(48,29-30-44)39(47)49-41(4,5)6)38(46)45-37(33(2)3)43(50-40(45)51,34-24-17-15-18-25-34)35-26-19-16-20-27-35/h15-21,24-28,33,36-37,48H,7-14,22-23,29-32H2,1-6H3/b28-21+/t36-,37+,42+/m1/s1. The van der Waals surface area contributed by atoms with Crippen molar-refractivity contribution in [2.24, 2.45) is 11.8 Å². The van der Waals surface area contributed by atoms with E-state index in [1.807, 2.05) is 92.3 Å². The minimum atomic E-state index is -2.48. The van der Waals surface area contributed by atoms with Gasteiger partial charge in [-0.25, -0.2) is 4.79 Å². The second kappa shape index (κ2) is 21.2. The number of rotatable bonds is 22. The number of alkyl halides is 1. The van der Waals surface area contributed by atoms with Crippen LogP contribution in [0, 0.1) is 11.8 Å². The number of carbonyl (C=O) groups excluding carboxylic acids is 2. The summed E-state index contributed by atoms with van der Waals surface area (Å²) < 4.78 is 26.6. The Kier molecular flexibility index (Phi) is 17.8. The van der Waals surface area contributed by atoms with Crippen molar-refractivity contribution in [2.75, 3.05) is 18.2 Å². The molecule has 1 amide bonds. The van der Waals surface area contributed by atoms with E-state index in [0.717, 1.165) is 42.6 Å². The quantitative estimate of drug-likeness (QED) is 0.0555. The third-order valence-corrected chi connectivity index (χ3v) is 11.0. The molecule has 1 saturated heterocycles. The van der Waals surface area contributed by atoms with Crippen LogP contribution in [0.1, 0.15) is 123 Å². The number of hydrogen-bond acceptors (Lipinski definition) is 7. The molecule has 0 saturated carbocycles. The molecule has 0 aliphatic carbocycles. The maximum Gasteiger partial charge on any atom is 0.339 e. The third kappa shape index (κ3) is 11.6. The molecule has 2 aromatic rings. The number of esters is 1. The average molecular weight is 756 g/mol. The number of carbonyl (C=O) groups is 2. The van der Waals surface area contributed by atoms with E-state index in [4.69, 9.17) is 21.7 Å². The van der Waals surface area contributed by atoms with Crippen molar-refractivity contribution in [3.8, 4) is 0 Å². The SMILES string of the molecule is CCCCCCCSCCCCCC/C=C/[C@H](C(=O)N1C(=S)OC(c2ccccc2)(c2ccccc2)[C@@H]1C(C)C)[C@@](O)(CCF)C(=O)OC(C)(C)C. The molecule has 0 aromatic heterocycles. The number of aliphatic hydroxyl groups is 1. The van der Waals surface area contributed by atoms with Gasteiger partial charge in [0, 0.05) is 17.5 Å². The van der Waals surface area contributed by atoms with Gasteiger partial charge in [0.25, 0.3) is 5.17 Å². The van der Waals surface area contributed by atoms with Gasteiger partial charge in [0.1, 0.15) is 5.60 Å². The molecule has 288 valence electrons. The summed E-state index contributed by atoms with van der Waals surface area (Å²) in [7, 11) is 0. The number of ether oxygens (including phenoxy) is 2. The molecule has 0 unspecified atom stereocenters. The van der Waals surface area contributed by atoms with Crippen LogP contribution in [-0.2, 0) is 24.7 Å². The molecule has 3 rings (SSSR count). The second-order valence-electron chi connectivity index (χ2n) is 15.2. The Bertz CT molecular complexity index is 1370. The number of amides is 1. The smallest absolute Gasteiger partial charge is 0.339 e. The minimum Gasteiger partial charge on any atom is -0.458 e. The van der Waals surface area contributed by atoms with E-state index in [-0.39, 0.29) is 11.1 Å². The second-order valence-corrected chi connectivity index (χ2v) is 16.8. The van der Waals surface area contributed by atoms with Gasteiger partial charge in [-0.15, -0.1) is 0 Å². The van der Waals surface area contributed by atoms with Crippen LogP contribution in [-0.4, -0.2) is 62.5 Å². The monoisotopic (exact) mass is 755 g/mol. The highest BCUT2D eigenvalue weighted by Gasteiger charge is 2.60. The first kappa shape index (κ1) is 43.7.